The molecule has 1 aromatic rings. The van der Waals surface area contributed by atoms with Gasteiger partial charge in [0, 0.05) is 51.2 Å². The summed E-state index contributed by atoms with van der Waals surface area (Å²) in [6, 6.07) is 5.71. The Bertz CT molecular complexity index is 839. The van der Waals surface area contributed by atoms with E-state index in [1.165, 1.54) is 0 Å². The first-order chi connectivity index (χ1) is 15.3. The largest absolute Gasteiger partial charge is 0.495 e. The minimum atomic E-state index is -0.338. The van der Waals surface area contributed by atoms with E-state index in [0.717, 1.165) is 18.8 Å². The normalized spacial score (nSPS) is 16.6. The lowest BCUT2D eigenvalue weighted by molar-refractivity contribution is -0.133. The van der Waals surface area contributed by atoms with E-state index >= 15 is 0 Å². The number of methoxy groups -OCH3 is 2. The number of anilines is 1. The predicted octanol–water partition coefficient (Wildman–Crippen LogP) is 2.64. The van der Waals surface area contributed by atoms with Crippen molar-refractivity contribution in [1.29, 1.82) is 0 Å². The second kappa shape index (κ2) is 12.3. The zero-order chi connectivity index (χ0) is 23.7. The molecule has 2 atom stereocenters. The zero-order valence-corrected chi connectivity index (χ0v) is 20.2. The number of hydrazone groups is 1. The fourth-order valence-corrected chi connectivity index (χ4v) is 3.59. The van der Waals surface area contributed by atoms with Crippen molar-refractivity contribution in [3.63, 3.8) is 0 Å². The molecule has 1 saturated heterocycles. The Labute approximate surface area is 195 Å². The van der Waals surface area contributed by atoms with Crippen LogP contribution in [0.3, 0.4) is 0 Å². The Morgan fingerprint density at radius 3 is 2.53 bits per heavy atom. The molecule has 0 radical (unpaired) electrons. The number of rotatable bonds is 9. The number of benzene rings is 1. The highest BCUT2D eigenvalue weighted by Crippen LogP contribution is 2.29. The zero-order valence-electron chi connectivity index (χ0n) is 19.5. The highest BCUT2D eigenvalue weighted by atomic mass is 35.5. The van der Waals surface area contributed by atoms with E-state index in [2.05, 4.69) is 26.7 Å². The third-order valence-corrected chi connectivity index (χ3v) is 5.69. The lowest BCUT2D eigenvalue weighted by Crippen LogP contribution is -2.51. The van der Waals surface area contributed by atoms with Crippen molar-refractivity contribution in [3.05, 3.63) is 23.2 Å². The molecule has 2 unspecified atom stereocenters. The molecule has 176 valence electrons. The number of carbonyl (C=O) groups excluding carboxylic acids is 1. The second-order valence-electron chi connectivity index (χ2n) is 7.42. The van der Waals surface area contributed by atoms with Crippen LogP contribution in [0.2, 0.25) is 5.02 Å². The molecular formula is C22H33ClN6O3. The smallest absolute Gasteiger partial charge is 0.244 e. The van der Waals surface area contributed by atoms with Crippen LogP contribution in [0.5, 0.6) is 5.75 Å². The van der Waals surface area contributed by atoms with Gasteiger partial charge in [0.15, 0.2) is 5.90 Å². The van der Waals surface area contributed by atoms with Crippen molar-refractivity contribution in [1.82, 2.24) is 9.91 Å². The van der Waals surface area contributed by atoms with Gasteiger partial charge in [-0.2, -0.15) is 5.10 Å². The summed E-state index contributed by atoms with van der Waals surface area (Å²) in [4.78, 5) is 25.1. The summed E-state index contributed by atoms with van der Waals surface area (Å²) in [6.07, 6.45) is 1.36. The van der Waals surface area contributed by atoms with Gasteiger partial charge in [-0.05, 0) is 32.7 Å². The number of ether oxygens (including phenoxy) is 2. The first-order valence-electron chi connectivity index (χ1n) is 10.5. The van der Waals surface area contributed by atoms with E-state index < -0.39 is 0 Å². The third kappa shape index (κ3) is 6.59. The molecule has 9 nitrogen and oxygen atoms in total. The number of halogens is 1. The van der Waals surface area contributed by atoms with Crippen molar-refractivity contribution in [2.24, 2.45) is 21.0 Å². The fourth-order valence-electron chi connectivity index (χ4n) is 3.39. The summed E-state index contributed by atoms with van der Waals surface area (Å²) in [5.41, 5.74) is 1.02. The molecule has 32 heavy (non-hydrogen) atoms. The maximum atomic E-state index is 13.0. The molecule has 0 bridgehead atoms. The van der Waals surface area contributed by atoms with E-state index in [1.807, 2.05) is 36.9 Å². The molecule has 0 spiro atoms. The molecule has 0 aliphatic carbocycles. The molecule has 0 saturated carbocycles. The van der Waals surface area contributed by atoms with Gasteiger partial charge in [-0.25, -0.2) is 0 Å². The molecule has 1 amide bonds. The average molecular weight is 465 g/mol. The summed E-state index contributed by atoms with van der Waals surface area (Å²) >= 11 is 6.13. The maximum Gasteiger partial charge on any atom is 0.244 e. The van der Waals surface area contributed by atoms with Crippen LogP contribution in [0.4, 0.5) is 5.69 Å². The number of hydrogen-bond acceptors (Lipinski definition) is 8. The van der Waals surface area contributed by atoms with Crippen LogP contribution >= 0.6 is 11.6 Å². The van der Waals surface area contributed by atoms with Gasteiger partial charge >= 0.3 is 0 Å². The van der Waals surface area contributed by atoms with Crippen molar-refractivity contribution in [2.45, 2.75) is 20.0 Å². The van der Waals surface area contributed by atoms with Crippen LogP contribution in [0.25, 0.3) is 0 Å². The van der Waals surface area contributed by atoms with Crippen LogP contribution in [-0.2, 0) is 9.53 Å². The molecule has 0 N–H and O–H groups in total. The first-order valence-corrected chi connectivity index (χ1v) is 10.9. The average Bonchev–Trinajstić information content (AvgIpc) is 2.82. The first kappa shape index (κ1) is 25.5. The quantitative estimate of drug-likeness (QED) is 0.319. The Kier molecular flexibility index (Phi) is 9.77. The summed E-state index contributed by atoms with van der Waals surface area (Å²) < 4.78 is 10.5. The van der Waals surface area contributed by atoms with Crippen LogP contribution in [0.1, 0.15) is 13.8 Å². The predicted molar refractivity (Wildman–Crippen MR) is 131 cm³/mol. The molecule has 10 heteroatoms. The number of piperazine rings is 1. The van der Waals surface area contributed by atoms with Crippen molar-refractivity contribution in [3.8, 4) is 5.75 Å². The Balaban J connectivity index is 1.99. The SMILES string of the molecule is C=NC(C)N(CC(=O)N1CCN(c2ccc(Cl)c(OC)c2)CC1)/N=C\C(C)C(=NC)OC. The van der Waals surface area contributed by atoms with E-state index in [9.17, 15) is 4.79 Å². The van der Waals surface area contributed by atoms with E-state index in [-0.39, 0.29) is 24.5 Å². The summed E-state index contributed by atoms with van der Waals surface area (Å²) in [5, 5.41) is 6.67. The minimum absolute atomic E-state index is 0.00485. The standard InChI is InChI=1S/C22H33ClN6O3/c1-16(22(25-4)32-6)14-26-29(17(2)24-3)15-21(30)28-11-9-27(10-12-28)18-7-8-19(23)20(13-18)31-5/h7-8,13-14,16-17H,3,9-12,15H2,1-2,4-6H3/b25-22?,26-14-. The topological polar surface area (TPSA) is 82.3 Å². The van der Waals surface area contributed by atoms with Crippen molar-refractivity contribution in [2.75, 3.05) is 58.9 Å². The van der Waals surface area contributed by atoms with Crippen molar-refractivity contribution >= 4 is 42.0 Å². The van der Waals surface area contributed by atoms with Gasteiger partial charge in [0.2, 0.25) is 5.91 Å². The van der Waals surface area contributed by atoms with E-state index in [4.69, 9.17) is 21.1 Å². The molecule has 1 aromatic carbocycles. The molecule has 0 aromatic heterocycles. The lowest BCUT2D eigenvalue weighted by Gasteiger charge is -2.37. The van der Waals surface area contributed by atoms with Gasteiger partial charge in [-0.3, -0.25) is 19.8 Å². The molecule has 1 heterocycles. The number of nitrogens with zero attached hydrogens (tertiary/aromatic N) is 6. The maximum absolute atomic E-state index is 13.0. The number of aliphatic imine (C=N–C) groups is 2. The van der Waals surface area contributed by atoms with Crippen LogP contribution in [0, 0.1) is 5.92 Å². The lowest BCUT2D eigenvalue weighted by atomic mass is 10.2. The number of amides is 1. The fraction of sp³-hybridized carbons (Fsp3) is 0.545. The van der Waals surface area contributed by atoms with Gasteiger partial charge in [0.05, 0.1) is 25.2 Å². The van der Waals surface area contributed by atoms with E-state index in [1.54, 1.807) is 32.5 Å². The summed E-state index contributed by atoms with van der Waals surface area (Å²) in [7, 11) is 4.83. The number of hydrogen-bond donors (Lipinski definition) is 0. The Hall–Kier alpha value is -2.81. The van der Waals surface area contributed by atoms with Crippen LogP contribution < -0.4 is 9.64 Å². The molecular weight excluding hydrogens is 432 g/mol. The van der Waals surface area contributed by atoms with E-state index in [0.29, 0.717) is 29.8 Å². The monoisotopic (exact) mass is 464 g/mol. The van der Waals surface area contributed by atoms with Gasteiger partial charge in [-0.1, -0.05) is 11.6 Å². The third-order valence-electron chi connectivity index (χ3n) is 5.38. The van der Waals surface area contributed by atoms with Crippen molar-refractivity contribution < 1.29 is 14.3 Å². The molecule has 1 fully saturated rings. The Morgan fingerprint density at radius 1 is 1.28 bits per heavy atom. The van der Waals surface area contributed by atoms with Gasteiger partial charge in [-0.15, -0.1) is 0 Å². The molecule has 1 aliphatic heterocycles. The van der Waals surface area contributed by atoms with Crippen LogP contribution in [0.15, 0.2) is 33.3 Å². The highest BCUT2D eigenvalue weighted by Gasteiger charge is 2.24. The highest BCUT2D eigenvalue weighted by molar-refractivity contribution is 6.32. The summed E-state index contributed by atoms with van der Waals surface area (Å²) in [6.45, 7) is 10.1. The Morgan fingerprint density at radius 2 is 1.97 bits per heavy atom. The van der Waals surface area contributed by atoms with Gasteiger partial charge in [0.1, 0.15) is 18.5 Å². The summed E-state index contributed by atoms with van der Waals surface area (Å²) in [5.74, 6) is 1.07. The second-order valence-corrected chi connectivity index (χ2v) is 7.83. The number of carbonyl (C=O) groups is 1. The van der Waals surface area contributed by atoms with Crippen LogP contribution in [-0.4, -0.2) is 94.8 Å². The molecule has 1 aliphatic rings. The van der Waals surface area contributed by atoms with Gasteiger partial charge in [0.25, 0.3) is 0 Å². The molecule has 2 rings (SSSR count). The van der Waals surface area contributed by atoms with Gasteiger partial charge < -0.3 is 19.3 Å². The minimum Gasteiger partial charge on any atom is -0.495 e.